The Labute approximate surface area is 129 Å². The molecule has 1 heterocycles. The molecule has 2 rings (SSSR count). The van der Waals surface area contributed by atoms with Crippen LogP contribution in [0.5, 0.6) is 0 Å². The van der Waals surface area contributed by atoms with Gasteiger partial charge in [0.05, 0.1) is 17.1 Å². The van der Waals surface area contributed by atoms with Gasteiger partial charge >= 0.3 is 0 Å². The summed E-state index contributed by atoms with van der Waals surface area (Å²) >= 11 is 6.96. The van der Waals surface area contributed by atoms with Gasteiger partial charge in [-0.15, -0.1) is 0 Å². The molecule has 3 N–H and O–H groups in total. The van der Waals surface area contributed by atoms with E-state index in [0.29, 0.717) is 11.6 Å². The maximum Gasteiger partial charge on any atom is 0.152 e. The second kappa shape index (κ2) is 5.54. The van der Waals surface area contributed by atoms with Gasteiger partial charge in [-0.05, 0) is 40.0 Å². The van der Waals surface area contributed by atoms with Crippen molar-refractivity contribution in [2.24, 2.45) is 7.05 Å². The second-order valence-corrected chi connectivity index (χ2v) is 6.45. The van der Waals surface area contributed by atoms with Crippen molar-refractivity contribution < 1.29 is 0 Å². The Kier molecular flexibility index (Phi) is 4.20. The minimum Gasteiger partial charge on any atom is -0.394 e. The van der Waals surface area contributed by atoms with E-state index in [4.69, 9.17) is 5.73 Å². The first-order valence-electron chi connectivity index (χ1n) is 5.94. The molecule has 1 aromatic heterocycles. The Morgan fingerprint density at radius 1 is 1.32 bits per heavy atom. The van der Waals surface area contributed by atoms with Crippen molar-refractivity contribution in [3.63, 3.8) is 0 Å². The maximum absolute atomic E-state index is 6.16. The van der Waals surface area contributed by atoms with Crippen LogP contribution in [0.4, 0.5) is 17.2 Å². The first kappa shape index (κ1) is 14.4. The fourth-order valence-corrected chi connectivity index (χ4v) is 3.00. The fourth-order valence-electron chi connectivity index (χ4n) is 1.85. The standard InChI is InChI=1S/C13H16Br2N4/c1-7(2)12-11(16)13(19(3)18-12)17-10-5-4-8(14)6-9(10)15/h4-7,17H,16H2,1-3H3. The number of halogens is 2. The fraction of sp³-hybridized carbons (Fsp3) is 0.308. The maximum atomic E-state index is 6.16. The average Bonchev–Trinajstić information content (AvgIpc) is 2.60. The zero-order valence-corrected chi connectivity index (χ0v) is 14.2. The predicted molar refractivity (Wildman–Crippen MR) is 86.8 cm³/mol. The predicted octanol–water partition coefficient (Wildman–Crippen LogP) is 4.39. The minimum atomic E-state index is 0.301. The molecule has 19 heavy (non-hydrogen) atoms. The van der Waals surface area contributed by atoms with E-state index >= 15 is 0 Å². The van der Waals surface area contributed by atoms with Gasteiger partial charge in [-0.2, -0.15) is 5.10 Å². The van der Waals surface area contributed by atoms with Crippen molar-refractivity contribution >= 4 is 49.1 Å². The molecule has 0 saturated heterocycles. The van der Waals surface area contributed by atoms with Crippen LogP contribution in [-0.2, 0) is 7.05 Å². The lowest BCUT2D eigenvalue weighted by Crippen LogP contribution is -2.01. The topological polar surface area (TPSA) is 55.9 Å². The summed E-state index contributed by atoms with van der Waals surface area (Å²) in [6, 6.07) is 5.94. The summed E-state index contributed by atoms with van der Waals surface area (Å²) in [6.07, 6.45) is 0. The molecule has 0 unspecified atom stereocenters. The van der Waals surface area contributed by atoms with Gasteiger partial charge in [0.15, 0.2) is 5.82 Å². The minimum absolute atomic E-state index is 0.301. The lowest BCUT2D eigenvalue weighted by molar-refractivity contribution is 0.718. The van der Waals surface area contributed by atoms with Crippen LogP contribution >= 0.6 is 31.9 Å². The largest absolute Gasteiger partial charge is 0.394 e. The number of hydrogen-bond donors (Lipinski definition) is 2. The van der Waals surface area contributed by atoms with Gasteiger partial charge in [-0.25, -0.2) is 0 Å². The molecular weight excluding hydrogens is 372 g/mol. The van der Waals surface area contributed by atoms with Crippen molar-refractivity contribution in [3.05, 3.63) is 32.8 Å². The number of nitrogens with two attached hydrogens (primary N) is 1. The molecule has 0 aliphatic rings. The summed E-state index contributed by atoms with van der Waals surface area (Å²) in [7, 11) is 1.89. The number of benzene rings is 1. The molecule has 102 valence electrons. The van der Waals surface area contributed by atoms with E-state index in [1.54, 1.807) is 4.68 Å². The van der Waals surface area contributed by atoms with Crippen LogP contribution in [0.25, 0.3) is 0 Å². The Balaban J connectivity index is 2.38. The third-order valence-electron chi connectivity index (χ3n) is 2.84. The van der Waals surface area contributed by atoms with E-state index in [-0.39, 0.29) is 0 Å². The summed E-state index contributed by atoms with van der Waals surface area (Å²) in [4.78, 5) is 0. The highest BCUT2D eigenvalue weighted by Gasteiger charge is 2.16. The number of aromatic nitrogens is 2. The van der Waals surface area contributed by atoms with Crippen molar-refractivity contribution in [2.45, 2.75) is 19.8 Å². The van der Waals surface area contributed by atoms with Gasteiger partial charge in [0.2, 0.25) is 0 Å². The van der Waals surface area contributed by atoms with E-state index in [2.05, 4.69) is 56.1 Å². The van der Waals surface area contributed by atoms with Crippen LogP contribution in [0.2, 0.25) is 0 Å². The Morgan fingerprint density at radius 3 is 2.53 bits per heavy atom. The van der Waals surface area contributed by atoms with E-state index in [1.165, 1.54) is 0 Å². The molecule has 2 aromatic rings. The third-order valence-corrected chi connectivity index (χ3v) is 3.99. The van der Waals surface area contributed by atoms with Crippen LogP contribution in [0.3, 0.4) is 0 Å². The Bertz CT molecular complexity index is 605. The molecule has 0 fully saturated rings. The summed E-state index contributed by atoms with van der Waals surface area (Å²) in [5.74, 6) is 1.11. The molecule has 6 heteroatoms. The van der Waals surface area contributed by atoms with Crippen LogP contribution in [-0.4, -0.2) is 9.78 Å². The summed E-state index contributed by atoms with van der Waals surface area (Å²) in [5, 5.41) is 7.78. The number of anilines is 3. The molecule has 0 saturated carbocycles. The lowest BCUT2D eigenvalue weighted by atomic mass is 10.1. The van der Waals surface area contributed by atoms with Gasteiger partial charge in [-0.1, -0.05) is 29.8 Å². The Hall–Kier alpha value is -1.01. The molecule has 0 aliphatic heterocycles. The molecule has 1 aromatic carbocycles. The zero-order chi connectivity index (χ0) is 14.2. The van der Waals surface area contributed by atoms with E-state index < -0.39 is 0 Å². The number of nitrogen functional groups attached to an aromatic ring is 1. The van der Waals surface area contributed by atoms with E-state index in [1.807, 2.05) is 25.2 Å². The average molecular weight is 388 g/mol. The molecular formula is C13H16Br2N4. The molecule has 0 spiro atoms. The Morgan fingerprint density at radius 2 is 2.00 bits per heavy atom. The van der Waals surface area contributed by atoms with Gasteiger partial charge in [-0.3, -0.25) is 4.68 Å². The lowest BCUT2D eigenvalue weighted by Gasteiger charge is -2.10. The number of hydrogen-bond acceptors (Lipinski definition) is 3. The first-order valence-corrected chi connectivity index (χ1v) is 7.53. The molecule has 0 bridgehead atoms. The van der Waals surface area contributed by atoms with Crippen LogP contribution in [0.15, 0.2) is 27.1 Å². The highest BCUT2D eigenvalue weighted by molar-refractivity contribution is 9.11. The van der Waals surface area contributed by atoms with E-state index in [9.17, 15) is 0 Å². The normalized spacial score (nSPS) is 11.1. The molecule has 4 nitrogen and oxygen atoms in total. The number of aryl methyl sites for hydroxylation is 1. The second-order valence-electron chi connectivity index (χ2n) is 4.67. The summed E-state index contributed by atoms with van der Waals surface area (Å²) in [5.41, 5.74) is 8.73. The SMILES string of the molecule is CC(C)c1nn(C)c(Nc2ccc(Br)cc2Br)c1N. The third kappa shape index (κ3) is 2.95. The number of nitrogens with one attached hydrogen (secondary N) is 1. The van der Waals surface area contributed by atoms with Gasteiger partial charge < -0.3 is 11.1 Å². The monoisotopic (exact) mass is 386 g/mol. The highest BCUT2D eigenvalue weighted by Crippen LogP contribution is 2.33. The molecule has 0 radical (unpaired) electrons. The van der Waals surface area contributed by atoms with Gasteiger partial charge in [0, 0.05) is 16.0 Å². The summed E-state index contributed by atoms with van der Waals surface area (Å²) in [6.45, 7) is 4.16. The quantitative estimate of drug-likeness (QED) is 0.820. The van der Waals surface area contributed by atoms with Gasteiger partial charge in [0.1, 0.15) is 0 Å². The van der Waals surface area contributed by atoms with Crippen molar-refractivity contribution in [3.8, 4) is 0 Å². The van der Waals surface area contributed by atoms with Crippen LogP contribution < -0.4 is 11.1 Å². The smallest absolute Gasteiger partial charge is 0.152 e. The molecule has 0 aliphatic carbocycles. The highest BCUT2D eigenvalue weighted by atomic mass is 79.9. The molecule has 0 amide bonds. The van der Waals surface area contributed by atoms with Crippen LogP contribution in [0, 0.1) is 0 Å². The zero-order valence-electron chi connectivity index (χ0n) is 11.0. The molecule has 0 atom stereocenters. The van der Waals surface area contributed by atoms with Crippen molar-refractivity contribution in [1.29, 1.82) is 0 Å². The summed E-state index contributed by atoms with van der Waals surface area (Å²) < 4.78 is 3.76. The van der Waals surface area contributed by atoms with Crippen LogP contribution in [0.1, 0.15) is 25.5 Å². The van der Waals surface area contributed by atoms with Crippen molar-refractivity contribution in [2.75, 3.05) is 11.1 Å². The van der Waals surface area contributed by atoms with Gasteiger partial charge in [0.25, 0.3) is 0 Å². The number of nitrogens with zero attached hydrogens (tertiary/aromatic N) is 2. The van der Waals surface area contributed by atoms with E-state index in [0.717, 1.165) is 26.1 Å². The first-order chi connectivity index (χ1) is 8.90. The van der Waals surface area contributed by atoms with Crippen molar-refractivity contribution in [1.82, 2.24) is 9.78 Å². The number of rotatable bonds is 3.